The van der Waals surface area contributed by atoms with Gasteiger partial charge in [-0.25, -0.2) is 9.97 Å². The zero-order chi connectivity index (χ0) is 13.4. The average molecular weight is 365 g/mol. The second-order valence-electron chi connectivity index (χ2n) is 5.03. The fourth-order valence-electron chi connectivity index (χ4n) is 2.27. The van der Waals surface area contributed by atoms with Crippen LogP contribution in [-0.4, -0.2) is 17.0 Å². The minimum Gasteiger partial charge on any atom is -0.372 e. The van der Waals surface area contributed by atoms with E-state index in [4.69, 9.17) is 4.98 Å². The summed E-state index contributed by atoms with van der Waals surface area (Å²) in [4.78, 5) is 9.46. The number of aromatic nitrogens is 2. The Hall–Kier alpha value is -1.17. The largest absolute Gasteiger partial charge is 0.372 e. The maximum Gasteiger partial charge on any atom is 0.143 e. The van der Waals surface area contributed by atoms with Gasteiger partial charge in [0.15, 0.2) is 0 Å². The third-order valence-corrected chi connectivity index (χ3v) is 4.62. The van der Waals surface area contributed by atoms with Gasteiger partial charge >= 0.3 is 0 Å². The monoisotopic (exact) mass is 365 g/mol. The number of hydrogen-bond donors (Lipinski definition) is 1. The summed E-state index contributed by atoms with van der Waals surface area (Å²) >= 11 is 2.32. The Morgan fingerprint density at radius 2 is 1.89 bits per heavy atom. The molecular formula is C15H16IN3. The van der Waals surface area contributed by atoms with Gasteiger partial charge in [0.05, 0.1) is 9.26 Å². The number of nitrogens with one attached hydrogen (secondary N) is 1. The molecule has 1 aromatic heterocycles. The van der Waals surface area contributed by atoms with E-state index in [1.54, 1.807) is 0 Å². The van der Waals surface area contributed by atoms with Gasteiger partial charge in [-0.15, -0.1) is 0 Å². The summed E-state index contributed by atoms with van der Waals surface area (Å²) in [5.41, 5.74) is 2.19. The molecular weight excluding hydrogens is 349 g/mol. The molecule has 0 bridgehead atoms. The molecule has 3 rings (SSSR count). The minimum absolute atomic E-state index is 0.534. The van der Waals surface area contributed by atoms with Crippen LogP contribution in [-0.2, 0) is 0 Å². The highest BCUT2D eigenvalue weighted by atomic mass is 127. The van der Waals surface area contributed by atoms with Gasteiger partial charge in [-0.05, 0) is 34.9 Å². The summed E-state index contributed by atoms with van der Waals surface area (Å²) in [6.07, 6.45) is 1.21. The van der Waals surface area contributed by atoms with Crippen molar-refractivity contribution >= 4 is 28.4 Å². The molecule has 2 atom stereocenters. The molecule has 3 nitrogen and oxygen atoms in total. The molecule has 0 aliphatic heterocycles. The number of nitrogens with zero attached hydrogens (tertiary/aromatic N) is 2. The van der Waals surface area contributed by atoms with E-state index in [0.29, 0.717) is 11.8 Å². The summed E-state index contributed by atoms with van der Waals surface area (Å²) in [7, 11) is 1.92. The third kappa shape index (κ3) is 2.45. The van der Waals surface area contributed by atoms with Gasteiger partial charge in [-0.1, -0.05) is 37.3 Å². The summed E-state index contributed by atoms with van der Waals surface area (Å²) in [6.45, 7) is 2.26. The highest BCUT2D eigenvalue weighted by Crippen LogP contribution is 2.46. The lowest BCUT2D eigenvalue weighted by molar-refractivity contribution is 0.843. The lowest BCUT2D eigenvalue weighted by Gasteiger charge is -2.11. The highest BCUT2D eigenvalue weighted by Gasteiger charge is 2.37. The SMILES string of the molecule is CNc1nc(C2CC2C)nc(-c2ccccc2)c1I. The maximum absolute atomic E-state index is 4.80. The van der Waals surface area contributed by atoms with Crippen molar-refractivity contribution in [3.63, 3.8) is 0 Å². The van der Waals surface area contributed by atoms with Crippen LogP contribution in [0.2, 0.25) is 0 Å². The van der Waals surface area contributed by atoms with Crippen LogP contribution in [0.5, 0.6) is 0 Å². The molecule has 1 aliphatic carbocycles. The van der Waals surface area contributed by atoms with Crippen molar-refractivity contribution in [3.05, 3.63) is 39.7 Å². The summed E-state index contributed by atoms with van der Waals surface area (Å²) in [5, 5.41) is 3.18. The number of rotatable bonds is 3. The van der Waals surface area contributed by atoms with Gasteiger partial charge in [0.25, 0.3) is 0 Å². The van der Waals surface area contributed by atoms with Gasteiger partial charge in [0, 0.05) is 18.5 Å². The molecule has 19 heavy (non-hydrogen) atoms. The normalized spacial score (nSPS) is 21.2. The quantitative estimate of drug-likeness (QED) is 0.838. The third-order valence-electron chi connectivity index (χ3n) is 3.59. The molecule has 1 aromatic carbocycles. The Morgan fingerprint density at radius 1 is 1.21 bits per heavy atom. The molecule has 0 spiro atoms. The molecule has 1 saturated carbocycles. The smallest absolute Gasteiger partial charge is 0.143 e. The van der Waals surface area contributed by atoms with Crippen LogP contribution in [0, 0.1) is 9.49 Å². The summed E-state index contributed by atoms with van der Waals surface area (Å²) in [6, 6.07) is 10.3. The number of anilines is 1. The lowest BCUT2D eigenvalue weighted by Crippen LogP contribution is -2.05. The van der Waals surface area contributed by atoms with Gasteiger partial charge in [-0.3, -0.25) is 0 Å². The average Bonchev–Trinajstić information content (AvgIpc) is 3.17. The lowest BCUT2D eigenvalue weighted by atomic mass is 10.1. The van der Waals surface area contributed by atoms with E-state index in [2.05, 4.69) is 51.9 Å². The van der Waals surface area contributed by atoms with Crippen molar-refractivity contribution in [2.24, 2.45) is 5.92 Å². The second-order valence-corrected chi connectivity index (χ2v) is 6.11. The first-order valence-corrected chi connectivity index (χ1v) is 7.59. The van der Waals surface area contributed by atoms with Crippen LogP contribution in [0.1, 0.15) is 25.1 Å². The minimum atomic E-state index is 0.534. The molecule has 4 heteroatoms. The fourth-order valence-corrected chi connectivity index (χ4v) is 3.09. The van der Waals surface area contributed by atoms with Crippen LogP contribution in [0.25, 0.3) is 11.3 Å². The Bertz CT molecular complexity index is 598. The zero-order valence-electron chi connectivity index (χ0n) is 11.0. The number of benzene rings is 1. The molecule has 1 fully saturated rings. The predicted octanol–water partition coefficient (Wildman–Crippen LogP) is 3.91. The summed E-state index contributed by atoms with van der Waals surface area (Å²) < 4.78 is 1.09. The van der Waals surface area contributed by atoms with Crippen LogP contribution < -0.4 is 5.32 Å². The molecule has 1 N–H and O–H groups in total. The van der Waals surface area contributed by atoms with Crippen molar-refractivity contribution in [2.45, 2.75) is 19.3 Å². The van der Waals surface area contributed by atoms with Gasteiger partial charge < -0.3 is 5.32 Å². The Labute approximate surface area is 127 Å². The van der Waals surface area contributed by atoms with Crippen LogP contribution in [0.4, 0.5) is 5.82 Å². The molecule has 0 radical (unpaired) electrons. The van der Waals surface area contributed by atoms with E-state index in [1.807, 2.05) is 25.2 Å². The fraction of sp³-hybridized carbons (Fsp3) is 0.333. The van der Waals surface area contributed by atoms with E-state index in [9.17, 15) is 0 Å². The topological polar surface area (TPSA) is 37.8 Å². The van der Waals surface area contributed by atoms with Crippen molar-refractivity contribution < 1.29 is 0 Å². The first kappa shape index (κ1) is 12.8. The number of hydrogen-bond acceptors (Lipinski definition) is 3. The van der Waals surface area contributed by atoms with Crippen molar-refractivity contribution in [3.8, 4) is 11.3 Å². The van der Waals surface area contributed by atoms with Gasteiger partial charge in [0.2, 0.25) is 0 Å². The molecule has 0 amide bonds. The second kappa shape index (κ2) is 5.07. The number of halogens is 1. The van der Waals surface area contributed by atoms with Crippen molar-refractivity contribution in [1.29, 1.82) is 0 Å². The molecule has 2 aromatic rings. The Morgan fingerprint density at radius 3 is 2.47 bits per heavy atom. The first-order valence-electron chi connectivity index (χ1n) is 6.51. The van der Waals surface area contributed by atoms with Crippen molar-refractivity contribution in [2.75, 3.05) is 12.4 Å². The van der Waals surface area contributed by atoms with Crippen LogP contribution >= 0.6 is 22.6 Å². The Kier molecular flexibility index (Phi) is 3.43. The molecule has 0 saturated heterocycles. The summed E-state index contributed by atoms with van der Waals surface area (Å²) in [5.74, 6) is 3.17. The molecule has 2 unspecified atom stereocenters. The van der Waals surface area contributed by atoms with E-state index < -0.39 is 0 Å². The zero-order valence-corrected chi connectivity index (χ0v) is 13.2. The van der Waals surface area contributed by atoms with E-state index >= 15 is 0 Å². The van der Waals surface area contributed by atoms with E-state index in [-0.39, 0.29) is 0 Å². The molecule has 1 aliphatic rings. The van der Waals surface area contributed by atoms with E-state index in [1.165, 1.54) is 6.42 Å². The van der Waals surface area contributed by atoms with Crippen molar-refractivity contribution in [1.82, 2.24) is 9.97 Å². The van der Waals surface area contributed by atoms with Gasteiger partial charge in [-0.2, -0.15) is 0 Å². The molecule has 98 valence electrons. The predicted molar refractivity (Wildman–Crippen MR) is 86.3 cm³/mol. The first-order chi connectivity index (χ1) is 9.20. The van der Waals surface area contributed by atoms with E-state index in [0.717, 1.165) is 26.5 Å². The van der Waals surface area contributed by atoms with Crippen LogP contribution in [0.3, 0.4) is 0 Å². The highest BCUT2D eigenvalue weighted by molar-refractivity contribution is 14.1. The maximum atomic E-state index is 4.80. The van der Waals surface area contributed by atoms with Crippen LogP contribution in [0.15, 0.2) is 30.3 Å². The Balaban J connectivity index is 2.12. The van der Waals surface area contributed by atoms with Gasteiger partial charge in [0.1, 0.15) is 11.6 Å². The molecule has 1 heterocycles. The standard InChI is InChI=1S/C15H16IN3/c1-9-8-11(9)14-18-13(10-6-4-3-5-7-10)12(16)15(17-2)19-14/h3-7,9,11H,8H2,1-2H3,(H,17,18,19).